The van der Waals surface area contributed by atoms with Crippen molar-refractivity contribution in [2.45, 2.75) is 37.6 Å². The third-order valence-corrected chi connectivity index (χ3v) is 5.96. The molecule has 0 radical (unpaired) electrons. The Morgan fingerprint density at radius 2 is 1.93 bits per heavy atom. The molecule has 1 aliphatic carbocycles. The zero-order valence-corrected chi connectivity index (χ0v) is 16.4. The van der Waals surface area contributed by atoms with Gasteiger partial charge >= 0.3 is 0 Å². The van der Waals surface area contributed by atoms with Gasteiger partial charge < -0.3 is 14.8 Å². The van der Waals surface area contributed by atoms with Crippen LogP contribution < -0.4 is 10.1 Å². The van der Waals surface area contributed by atoms with Gasteiger partial charge in [-0.3, -0.25) is 14.7 Å². The summed E-state index contributed by atoms with van der Waals surface area (Å²) in [4.78, 5) is 19.9. The molecule has 2 heterocycles. The molecule has 0 spiro atoms. The van der Waals surface area contributed by atoms with Crippen molar-refractivity contribution in [2.75, 3.05) is 39.5 Å². The number of aromatic nitrogens is 1. The molecule has 1 saturated carbocycles. The fraction of sp³-hybridized carbons (Fsp3) is 0.545. The van der Waals surface area contributed by atoms with E-state index < -0.39 is 0 Å². The lowest BCUT2D eigenvalue weighted by Crippen LogP contribution is -2.62. The smallest absolute Gasteiger partial charge is 0.240 e. The van der Waals surface area contributed by atoms with Crippen LogP contribution in [0, 0.1) is 0 Å². The number of carbonyl (C=O) groups excluding carboxylic acids is 1. The molecule has 1 aliphatic heterocycles. The van der Waals surface area contributed by atoms with E-state index in [1.165, 1.54) is 6.42 Å². The molecule has 0 atom stereocenters. The number of morpholine rings is 1. The van der Waals surface area contributed by atoms with Gasteiger partial charge in [0.2, 0.25) is 5.91 Å². The maximum Gasteiger partial charge on any atom is 0.240 e. The number of hydrogen-bond donors (Lipinski definition) is 1. The van der Waals surface area contributed by atoms with E-state index in [0.717, 1.165) is 55.4 Å². The van der Waals surface area contributed by atoms with Crippen LogP contribution in [0.1, 0.15) is 32.1 Å². The number of hydrogen-bond acceptors (Lipinski definition) is 5. The van der Waals surface area contributed by atoms with Crippen LogP contribution in [0.3, 0.4) is 0 Å². The number of rotatable bonds is 6. The topological polar surface area (TPSA) is 63.7 Å². The lowest BCUT2D eigenvalue weighted by molar-refractivity contribution is -0.140. The SMILES string of the molecule is O=C(NCCOc1cccc2cccnc12)C1(N2CCOCC2)CCCCC1. The van der Waals surface area contributed by atoms with Gasteiger partial charge in [0, 0.05) is 24.7 Å². The molecule has 0 unspecified atom stereocenters. The van der Waals surface area contributed by atoms with Gasteiger partial charge in [-0.05, 0) is 25.0 Å². The van der Waals surface area contributed by atoms with Gasteiger partial charge in [-0.2, -0.15) is 0 Å². The molecule has 6 nitrogen and oxygen atoms in total. The van der Waals surface area contributed by atoms with Gasteiger partial charge in [0.15, 0.2) is 0 Å². The minimum Gasteiger partial charge on any atom is -0.489 e. The maximum atomic E-state index is 13.2. The molecular weight excluding hydrogens is 354 g/mol. The van der Waals surface area contributed by atoms with Crippen LogP contribution in [0.15, 0.2) is 36.5 Å². The Labute approximate surface area is 166 Å². The average molecular weight is 383 g/mol. The fourth-order valence-electron chi connectivity index (χ4n) is 4.50. The Morgan fingerprint density at radius 1 is 1.14 bits per heavy atom. The Kier molecular flexibility index (Phi) is 6.07. The van der Waals surface area contributed by atoms with Crippen molar-refractivity contribution >= 4 is 16.8 Å². The summed E-state index contributed by atoms with van der Waals surface area (Å²) in [6.45, 7) is 4.03. The van der Waals surface area contributed by atoms with Gasteiger partial charge in [-0.15, -0.1) is 0 Å². The molecule has 2 fully saturated rings. The van der Waals surface area contributed by atoms with E-state index in [2.05, 4.69) is 15.2 Å². The Morgan fingerprint density at radius 3 is 2.75 bits per heavy atom. The highest BCUT2D eigenvalue weighted by Crippen LogP contribution is 2.34. The zero-order valence-electron chi connectivity index (χ0n) is 16.4. The molecule has 150 valence electrons. The molecular formula is C22H29N3O3. The first-order valence-corrected chi connectivity index (χ1v) is 10.4. The second kappa shape index (κ2) is 8.88. The van der Waals surface area contributed by atoms with E-state index in [-0.39, 0.29) is 11.4 Å². The molecule has 1 amide bonds. The van der Waals surface area contributed by atoms with Crippen molar-refractivity contribution in [2.24, 2.45) is 0 Å². The van der Waals surface area contributed by atoms with Crippen molar-refractivity contribution in [1.29, 1.82) is 0 Å². The molecule has 1 aromatic carbocycles. The predicted octanol–water partition coefficient (Wildman–Crippen LogP) is 2.76. The van der Waals surface area contributed by atoms with Crippen LogP contribution in [0.4, 0.5) is 0 Å². The summed E-state index contributed by atoms with van der Waals surface area (Å²) in [7, 11) is 0. The summed E-state index contributed by atoms with van der Waals surface area (Å²) < 4.78 is 11.4. The van der Waals surface area contributed by atoms with E-state index in [9.17, 15) is 4.79 Å². The van der Waals surface area contributed by atoms with Gasteiger partial charge in [0.25, 0.3) is 0 Å². The number of ether oxygens (including phenoxy) is 2. The predicted molar refractivity (Wildman–Crippen MR) is 108 cm³/mol. The largest absolute Gasteiger partial charge is 0.489 e. The molecule has 1 aromatic heterocycles. The molecule has 6 heteroatoms. The van der Waals surface area contributed by atoms with Crippen molar-refractivity contribution in [1.82, 2.24) is 15.2 Å². The Balaban J connectivity index is 1.36. The second-order valence-electron chi connectivity index (χ2n) is 7.63. The number of fused-ring (bicyclic) bond motifs is 1. The Bertz CT molecular complexity index is 793. The zero-order chi connectivity index (χ0) is 19.2. The van der Waals surface area contributed by atoms with Gasteiger partial charge in [-0.25, -0.2) is 0 Å². The van der Waals surface area contributed by atoms with Gasteiger partial charge in [0.05, 0.1) is 19.8 Å². The summed E-state index contributed by atoms with van der Waals surface area (Å²) in [6.07, 6.45) is 7.09. The van der Waals surface area contributed by atoms with E-state index in [4.69, 9.17) is 9.47 Å². The van der Waals surface area contributed by atoms with E-state index in [1.54, 1.807) is 6.20 Å². The highest BCUT2D eigenvalue weighted by molar-refractivity contribution is 5.86. The van der Waals surface area contributed by atoms with Gasteiger partial charge in [-0.1, -0.05) is 37.5 Å². The number of para-hydroxylation sites is 1. The van der Waals surface area contributed by atoms with Crippen molar-refractivity contribution in [3.05, 3.63) is 36.5 Å². The van der Waals surface area contributed by atoms with Crippen molar-refractivity contribution in [3.63, 3.8) is 0 Å². The highest BCUT2D eigenvalue weighted by Gasteiger charge is 2.44. The van der Waals surface area contributed by atoms with E-state index in [1.807, 2.05) is 30.3 Å². The van der Waals surface area contributed by atoms with E-state index >= 15 is 0 Å². The summed E-state index contributed by atoms with van der Waals surface area (Å²) >= 11 is 0. The first-order valence-electron chi connectivity index (χ1n) is 10.4. The third kappa shape index (κ3) is 3.98. The number of amides is 1. The van der Waals surface area contributed by atoms with Crippen LogP contribution in [0.5, 0.6) is 5.75 Å². The minimum absolute atomic E-state index is 0.147. The number of benzene rings is 1. The quantitative estimate of drug-likeness (QED) is 0.777. The van der Waals surface area contributed by atoms with Crippen LogP contribution >= 0.6 is 0 Å². The molecule has 1 saturated heterocycles. The molecule has 0 bridgehead atoms. The third-order valence-electron chi connectivity index (χ3n) is 5.96. The summed E-state index contributed by atoms with van der Waals surface area (Å²) in [6, 6.07) is 9.85. The molecule has 4 rings (SSSR count). The summed E-state index contributed by atoms with van der Waals surface area (Å²) in [5.41, 5.74) is 0.483. The fourth-order valence-corrected chi connectivity index (χ4v) is 4.50. The number of carbonyl (C=O) groups is 1. The van der Waals surface area contributed by atoms with Crippen molar-refractivity contribution in [3.8, 4) is 5.75 Å². The molecule has 28 heavy (non-hydrogen) atoms. The molecule has 2 aliphatic rings. The molecule has 2 aromatic rings. The monoisotopic (exact) mass is 383 g/mol. The number of nitrogens with zero attached hydrogens (tertiary/aromatic N) is 2. The van der Waals surface area contributed by atoms with Crippen molar-refractivity contribution < 1.29 is 14.3 Å². The van der Waals surface area contributed by atoms with Crippen LogP contribution in [0.25, 0.3) is 10.9 Å². The highest BCUT2D eigenvalue weighted by atomic mass is 16.5. The van der Waals surface area contributed by atoms with Gasteiger partial charge in [0.1, 0.15) is 23.4 Å². The first-order chi connectivity index (χ1) is 13.8. The molecule has 1 N–H and O–H groups in total. The van der Waals surface area contributed by atoms with E-state index in [0.29, 0.717) is 26.4 Å². The van der Waals surface area contributed by atoms with Crippen LogP contribution in [-0.4, -0.2) is 60.8 Å². The van der Waals surface area contributed by atoms with Crippen LogP contribution in [0.2, 0.25) is 0 Å². The number of pyridine rings is 1. The summed E-state index contributed by atoms with van der Waals surface area (Å²) in [5, 5.41) is 4.20. The normalized spacial score (nSPS) is 20.0. The first kappa shape index (κ1) is 19.2. The summed E-state index contributed by atoms with van der Waals surface area (Å²) in [5.74, 6) is 0.904. The minimum atomic E-state index is -0.372. The lowest BCUT2D eigenvalue weighted by Gasteiger charge is -2.46. The average Bonchev–Trinajstić information content (AvgIpc) is 2.77. The van der Waals surface area contributed by atoms with Crippen LogP contribution in [-0.2, 0) is 9.53 Å². The standard InChI is InChI=1S/C22H29N3O3/c26-21(22(9-2-1-3-10-22)25-13-16-27-17-14-25)24-12-15-28-19-8-4-6-18-7-5-11-23-20(18)19/h4-8,11H,1-3,9-10,12-17H2,(H,24,26). The number of nitrogens with one attached hydrogen (secondary N) is 1. The second-order valence-corrected chi connectivity index (χ2v) is 7.63. The lowest BCUT2D eigenvalue weighted by atomic mass is 9.79. The maximum absolute atomic E-state index is 13.2. The Hall–Kier alpha value is -2.18.